The van der Waals surface area contributed by atoms with E-state index in [2.05, 4.69) is 45.4 Å². The molecule has 9 heterocycles. The largest absolute Gasteiger partial charge is 0.457 e. The van der Waals surface area contributed by atoms with Gasteiger partial charge in [-0.15, -0.1) is 0 Å². The molecule has 6 aromatic carbocycles. The number of aliphatic hydroxyl groups excluding tert-OH is 1. The van der Waals surface area contributed by atoms with Gasteiger partial charge < -0.3 is 61.1 Å². The first kappa shape index (κ1) is 70.1. The Morgan fingerprint density at radius 3 is 1.31 bits per heavy atom. The van der Waals surface area contributed by atoms with E-state index in [-0.39, 0.29) is 24.3 Å². The summed E-state index contributed by atoms with van der Waals surface area (Å²) in [4.78, 5) is 53.1. The zero-order valence-electron chi connectivity index (χ0n) is 57.9. The molecule has 3 aliphatic heterocycles. The number of aromatic amines is 1. The number of nitrogen functional groups attached to an aromatic ring is 3. The molecule has 3 aliphatic rings. The Bertz CT molecular complexity index is 4750. The number of nitrogens with one attached hydrogen (secondary N) is 2. The Balaban J connectivity index is 0.000000134. The second-order valence-corrected chi connectivity index (χ2v) is 26.8. The fourth-order valence-electron chi connectivity index (χ4n) is 12.1. The van der Waals surface area contributed by atoms with Gasteiger partial charge in [0.25, 0.3) is 0 Å². The number of hydrogen-bond donors (Lipinski definition) is 6. The van der Waals surface area contributed by atoms with Gasteiger partial charge in [0.05, 0.1) is 40.0 Å². The van der Waals surface area contributed by atoms with Crippen LogP contribution in [0.1, 0.15) is 92.2 Å². The summed E-state index contributed by atoms with van der Waals surface area (Å²) in [6.45, 7) is 15.3. The maximum atomic E-state index is 12.7. The second-order valence-electron chi connectivity index (χ2n) is 26.8. The fourth-order valence-corrected chi connectivity index (χ4v) is 12.1. The molecule has 526 valence electrons. The highest BCUT2D eigenvalue weighted by atomic mass is 16.6. The number of piperidine rings is 3. The highest BCUT2D eigenvalue weighted by Crippen LogP contribution is 2.38. The van der Waals surface area contributed by atoms with E-state index in [0.717, 1.165) is 131 Å². The van der Waals surface area contributed by atoms with Crippen molar-refractivity contribution in [2.45, 2.75) is 109 Å². The molecule has 0 bridgehead atoms. The van der Waals surface area contributed by atoms with Crippen LogP contribution in [0.15, 0.2) is 183 Å². The predicted molar refractivity (Wildman–Crippen MR) is 392 cm³/mol. The van der Waals surface area contributed by atoms with Gasteiger partial charge in [0.15, 0.2) is 16.9 Å². The number of anilines is 3. The molecule has 26 nitrogen and oxygen atoms in total. The molecule has 3 fully saturated rings. The summed E-state index contributed by atoms with van der Waals surface area (Å²) < 4.78 is 32.3. The monoisotopic (exact) mass is 1380 g/mol. The number of aromatic nitrogens is 12. The number of benzene rings is 6. The smallest absolute Gasteiger partial charge is 0.410 e. The molecule has 102 heavy (non-hydrogen) atoms. The van der Waals surface area contributed by atoms with Crippen molar-refractivity contribution in [3.8, 4) is 68.3 Å². The van der Waals surface area contributed by atoms with Crippen LogP contribution < -0.4 is 36.7 Å². The molecular weight excluding hydrogens is 1290 g/mol. The number of nitrogens with zero attached hydrogens (tertiary/aromatic N) is 13. The molecule has 3 atom stereocenters. The molecule has 12 aromatic rings. The molecule has 3 saturated heterocycles. The Hall–Kier alpha value is -11.8. The average Bonchev–Trinajstić information content (AvgIpc) is 1.62. The Labute approximate surface area is 590 Å². The van der Waals surface area contributed by atoms with Gasteiger partial charge in [0, 0.05) is 49.4 Å². The maximum absolute atomic E-state index is 12.7. The van der Waals surface area contributed by atoms with Gasteiger partial charge in [-0.25, -0.2) is 48.9 Å². The lowest BCUT2D eigenvalue weighted by Crippen LogP contribution is -2.44. The number of rotatable bonds is 11. The summed E-state index contributed by atoms with van der Waals surface area (Å²) in [5.41, 5.74) is 24.5. The van der Waals surface area contributed by atoms with Gasteiger partial charge >= 0.3 is 12.2 Å². The highest BCUT2D eigenvalue weighted by Gasteiger charge is 2.32. The number of nitrogens with two attached hydrogens (primary N) is 3. The number of carbonyl (C=O) groups excluding carboxylic acids is 2. The van der Waals surface area contributed by atoms with Crippen molar-refractivity contribution in [2.24, 2.45) is 0 Å². The van der Waals surface area contributed by atoms with Crippen molar-refractivity contribution in [3.05, 3.63) is 183 Å². The van der Waals surface area contributed by atoms with Crippen molar-refractivity contribution in [1.82, 2.24) is 74.8 Å². The van der Waals surface area contributed by atoms with Crippen LogP contribution in [-0.4, -0.2) is 143 Å². The summed E-state index contributed by atoms with van der Waals surface area (Å²) in [5.74, 6) is 5.83. The van der Waals surface area contributed by atoms with Crippen molar-refractivity contribution >= 4 is 62.7 Å². The molecule has 6 aromatic heterocycles. The normalized spacial score (nSPS) is 16.1. The molecular formula is C76H84N18O8. The van der Waals surface area contributed by atoms with Crippen LogP contribution in [0, 0.1) is 0 Å². The van der Waals surface area contributed by atoms with E-state index >= 15 is 0 Å². The summed E-state index contributed by atoms with van der Waals surface area (Å²) in [5, 5.41) is 32.0. The average molecular weight is 1380 g/mol. The van der Waals surface area contributed by atoms with Gasteiger partial charge in [-0.3, -0.25) is 5.10 Å². The number of aliphatic hydroxyl groups is 1. The third kappa shape index (κ3) is 17.6. The second kappa shape index (κ2) is 31.6. The third-order valence-corrected chi connectivity index (χ3v) is 16.8. The SMILES string of the molecule is CC(C)(C)OC(=O)N1CCC[C@@H](n2nc(-c3ccc(Oc4ccccc4)cc3)c3c(N)ncnc32)C1.CC(C)(C)OC(=O)N1CCC[C@H](O)C1.Nc1ncnc2c1c(-c1ccc(Oc3ccccc3)cc1)nn2[C@@H]1CCCNC1.Nc1ncnc2n[nH]c(-c3ccc(Oc4ccccc4)cc3)c12. The highest BCUT2D eigenvalue weighted by molar-refractivity contribution is 6.00. The van der Waals surface area contributed by atoms with Gasteiger partial charge in [-0.05, 0) is 196 Å². The maximum Gasteiger partial charge on any atom is 0.410 e. The number of carbonyl (C=O) groups is 2. The van der Waals surface area contributed by atoms with E-state index in [1.807, 2.05) is 215 Å². The van der Waals surface area contributed by atoms with Crippen molar-refractivity contribution in [2.75, 3.05) is 56.5 Å². The number of amides is 2. The number of hydrogen-bond acceptors (Lipinski definition) is 21. The molecule has 15 rings (SSSR count). The molecule has 0 aliphatic carbocycles. The number of fused-ring (bicyclic) bond motifs is 3. The molecule has 0 spiro atoms. The molecule has 0 radical (unpaired) electrons. The minimum atomic E-state index is -0.548. The van der Waals surface area contributed by atoms with Crippen molar-refractivity contribution in [1.29, 1.82) is 0 Å². The molecule has 9 N–H and O–H groups in total. The Kier molecular flexibility index (Phi) is 21.7. The number of likely N-dealkylation sites (tertiary alicyclic amines) is 2. The lowest BCUT2D eigenvalue weighted by Gasteiger charge is -2.34. The Morgan fingerprint density at radius 1 is 0.471 bits per heavy atom. The lowest BCUT2D eigenvalue weighted by molar-refractivity contribution is 0.00387. The van der Waals surface area contributed by atoms with Crippen LogP contribution in [0.25, 0.3) is 66.9 Å². The molecule has 2 amide bonds. The molecule has 0 unspecified atom stereocenters. The van der Waals surface area contributed by atoms with Crippen LogP contribution in [0.2, 0.25) is 0 Å². The number of H-pyrrole nitrogens is 1. The minimum Gasteiger partial charge on any atom is -0.457 e. The van der Waals surface area contributed by atoms with Crippen LogP contribution in [0.5, 0.6) is 34.5 Å². The summed E-state index contributed by atoms with van der Waals surface area (Å²) in [6, 6.07) is 52.4. The molecule has 26 heteroatoms. The quantitative estimate of drug-likeness (QED) is 0.0700. The van der Waals surface area contributed by atoms with Crippen LogP contribution in [0.4, 0.5) is 27.0 Å². The topological polar surface area (TPSA) is 339 Å². The Morgan fingerprint density at radius 2 is 0.873 bits per heavy atom. The third-order valence-electron chi connectivity index (χ3n) is 16.8. The van der Waals surface area contributed by atoms with Crippen LogP contribution >= 0.6 is 0 Å². The van der Waals surface area contributed by atoms with Gasteiger partial charge in [0.2, 0.25) is 0 Å². The van der Waals surface area contributed by atoms with Crippen LogP contribution in [-0.2, 0) is 9.47 Å². The van der Waals surface area contributed by atoms with Crippen LogP contribution in [0.3, 0.4) is 0 Å². The summed E-state index contributed by atoms with van der Waals surface area (Å²) in [7, 11) is 0. The van der Waals surface area contributed by atoms with Gasteiger partial charge in [-0.1, -0.05) is 54.6 Å². The van der Waals surface area contributed by atoms with Gasteiger partial charge in [0.1, 0.15) is 93.5 Å². The summed E-state index contributed by atoms with van der Waals surface area (Å²) >= 11 is 0. The zero-order chi connectivity index (χ0) is 71.3. The van der Waals surface area contributed by atoms with E-state index in [1.165, 1.54) is 19.0 Å². The lowest BCUT2D eigenvalue weighted by atomic mass is 10.1. The first-order chi connectivity index (χ1) is 49.3. The minimum absolute atomic E-state index is 0.0579. The van der Waals surface area contributed by atoms with E-state index in [9.17, 15) is 14.7 Å². The van der Waals surface area contributed by atoms with E-state index in [4.69, 9.17) is 51.1 Å². The van der Waals surface area contributed by atoms with E-state index in [0.29, 0.717) is 66.0 Å². The zero-order valence-corrected chi connectivity index (χ0v) is 57.9. The number of β-amino-alcohol motifs (C(OH)–C–C–N with tert-alkyl or cyclic N) is 1. The van der Waals surface area contributed by atoms with E-state index < -0.39 is 17.3 Å². The standard InChI is InChI=1S/C27H30N6O3.C22H22N6O.C17H13N5O.C10H19NO3/c1-27(2,3)36-26(34)32-15-7-8-19(16-32)33-25-22(24(28)29-17-30-25)23(31-33)18-11-13-21(14-12-18)35-20-9-5-4-6-10-20;23-21-19-20(15-8-10-18(11-9-15)29-17-6-2-1-3-7-17)27-28(22(19)26-14-25-21)16-5-4-12-24-13-16;18-16-14-15(21-22-17(14)20-10-19-16)11-6-8-13(9-7-11)23-12-4-2-1-3-5-12;1-10(2,3)14-9(13)11-6-4-5-8(12)7-11/h4-6,9-14,17,19H,7-8,15-16H2,1-3H3,(H2,28,29,30);1-3,6-11,14,16,24H,4-5,12-13H2,(H2,23,25,26);1-10H,(H3,18,19,20,21,22);8,12H,4-7H2,1-3H3/t19-;16-;;8-/m11.0/s1. The number of ether oxygens (including phenoxy) is 5. The first-order valence-corrected chi connectivity index (χ1v) is 34.0. The fraction of sp³-hybridized carbons (Fsp3) is 0.303. The molecule has 0 saturated carbocycles. The first-order valence-electron chi connectivity index (χ1n) is 34.0. The predicted octanol–water partition coefficient (Wildman–Crippen LogP) is 14.0. The van der Waals surface area contributed by atoms with Crippen molar-refractivity contribution < 1.29 is 38.4 Å². The van der Waals surface area contributed by atoms with Crippen molar-refractivity contribution in [3.63, 3.8) is 0 Å². The van der Waals surface area contributed by atoms with Gasteiger partial charge in [-0.2, -0.15) is 15.3 Å². The number of para-hydroxylation sites is 3. The van der Waals surface area contributed by atoms with E-state index in [1.54, 1.807) is 9.80 Å². The summed E-state index contributed by atoms with van der Waals surface area (Å²) in [6.07, 6.45) is 8.84.